The van der Waals surface area contributed by atoms with Crippen molar-refractivity contribution in [1.82, 2.24) is 10.3 Å². The van der Waals surface area contributed by atoms with Crippen molar-refractivity contribution in [2.75, 3.05) is 6.54 Å². The molecule has 17 heavy (non-hydrogen) atoms. The number of hydrogen-bond donors (Lipinski definition) is 1. The fourth-order valence-electron chi connectivity index (χ4n) is 1.42. The van der Waals surface area contributed by atoms with Gasteiger partial charge in [0.1, 0.15) is 11.4 Å². The Balaban J connectivity index is 2.90. The topological polar surface area (TPSA) is 34.2 Å². The first-order chi connectivity index (χ1) is 7.98. The molecule has 0 saturated carbocycles. The summed E-state index contributed by atoms with van der Waals surface area (Å²) >= 11 is 0. The summed E-state index contributed by atoms with van der Waals surface area (Å²) in [6.45, 7) is 12.2. The summed E-state index contributed by atoms with van der Waals surface area (Å²) < 4.78 is 6.08. The minimum atomic E-state index is -0.130. The zero-order chi connectivity index (χ0) is 12.9. The molecule has 0 aliphatic rings. The number of rotatable bonds is 6. The highest BCUT2D eigenvalue weighted by atomic mass is 16.5. The molecule has 1 N–H and O–H groups in total. The average Bonchev–Trinajstić information content (AvgIpc) is 2.28. The first-order valence-electron chi connectivity index (χ1n) is 6.33. The Labute approximate surface area is 105 Å². The van der Waals surface area contributed by atoms with Crippen LogP contribution < -0.4 is 10.1 Å². The van der Waals surface area contributed by atoms with Gasteiger partial charge in [-0.2, -0.15) is 0 Å². The zero-order valence-electron chi connectivity index (χ0n) is 11.6. The highest BCUT2D eigenvalue weighted by Crippen LogP contribution is 2.25. The number of aromatic nitrogens is 1. The van der Waals surface area contributed by atoms with Crippen LogP contribution in [0.4, 0.5) is 0 Å². The average molecular weight is 236 g/mol. The molecule has 1 aromatic heterocycles. The van der Waals surface area contributed by atoms with E-state index < -0.39 is 0 Å². The molecule has 0 unspecified atom stereocenters. The van der Waals surface area contributed by atoms with Gasteiger partial charge in [-0.3, -0.25) is 4.98 Å². The van der Waals surface area contributed by atoms with E-state index in [0.29, 0.717) is 0 Å². The Kier molecular flexibility index (Phi) is 4.94. The van der Waals surface area contributed by atoms with E-state index >= 15 is 0 Å². The van der Waals surface area contributed by atoms with Crippen LogP contribution in [0, 0.1) is 6.92 Å². The molecule has 1 aromatic rings. The van der Waals surface area contributed by atoms with Crippen molar-refractivity contribution in [1.29, 1.82) is 0 Å². The Morgan fingerprint density at radius 3 is 2.65 bits per heavy atom. The first-order valence-corrected chi connectivity index (χ1v) is 6.33. The molecule has 1 rings (SSSR count). The van der Waals surface area contributed by atoms with Crippen LogP contribution in [-0.4, -0.2) is 17.1 Å². The molecule has 0 fully saturated rings. The largest absolute Gasteiger partial charge is 0.487 e. The fraction of sp³-hybridized carbons (Fsp3) is 0.643. The van der Waals surface area contributed by atoms with Crippen LogP contribution >= 0.6 is 0 Å². The minimum absolute atomic E-state index is 0.130. The maximum Gasteiger partial charge on any atom is 0.127 e. The predicted octanol–water partition coefficient (Wildman–Crippen LogP) is 3.07. The van der Waals surface area contributed by atoms with Crippen molar-refractivity contribution in [3.8, 4) is 5.75 Å². The van der Waals surface area contributed by atoms with Crippen LogP contribution in [0.3, 0.4) is 0 Å². The van der Waals surface area contributed by atoms with E-state index in [9.17, 15) is 0 Å². The summed E-state index contributed by atoms with van der Waals surface area (Å²) in [4.78, 5) is 4.33. The second kappa shape index (κ2) is 6.01. The highest BCUT2D eigenvalue weighted by Gasteiger charge is 2.18. The lowest BCUT2D eigenvalue weighted by atomic mass is 10.1. The monoisotopic (exact) mass is 236 g/mol. The van der Waals surface area contributed by atoms with E-state index in [1.165, 1.54) is 0 Å². The van der Waals surface area contributed by atoms with E-state index in [4.69, 9.17) is 4.74 Å². The van der Waals surface area contributed by atoms with Crippen LogP contribution in [0.2, 0.25) is 0 Å². The number of nitrogens with one attached hydrogen (secondary N) is 1. The quantitative estimate of drug-likeness (QED) is 0.824. The normalized spacial score (nSPS) is 11.6. The molecular formula is C14H24N2O. The number of ether oxygens (including phenoxy) is 1. The first kappa shape index (κ1) is 14.0. The third kappa shape index (κ3) is 4.35. The van der Waals surface area contributed by atoms with Crippen LogP contribution in [0.25, 0.3) is 0 Å². The molecule has 0 aliphatic carbocycles. The van der Waals surface area contributed by atoms with Gasteiger partial charge in [-0.05, 0) is 33.7 Å². The molecule has 0 saturated heterocycles. The van der Waals surface area contributed by atoms with Crippen molar-refractivity contribution >= 4 is 0 Å². The van der Waals surface area contributed by atoms with Gasteiger partial charge in [0, 0.05) is 30.1 Å². The van der Waals surface area contributed by atoms with Crippen molar-refractivity contribution < 1.29 is 4.74 Å². The van der Waals surface area contributed by atoms with Gasteiger partial charge in [-0.15, -0.1) is 0 Å². The van der Waals surface area contributed by atoms with Crippen LogP contribution in [0.5, 0.6) is 5.75 Å². The van der Waals surface area contributed by atoms with Crippen molar-refractivity contribution in [2.24, 2.45) is 0 Å². The van der Waals surface area contributed by atoms with Gasteiger partial charge in [0.2, 0.25) is 0 Å². The van der Waals surface area contributed by atoms with E-state index in [-0.39, 0.29) is 5.60 Å². The molecule has 1 heterocycles. The smallest absolute Gasteiger partial charge is 0.127 e. The van der Waals surface area contributed by atoms with E-state index in [0.717, 1.165) is 36.5 Å². The highest BCUT2D eigenvalue weighted by molar-refractivity contribution is 5.33. The molecule has 0 radical (unpaired) electrons. The van der Waals surface area contributed by atoms with Gasteiger partial charge in [0.05, 0.1) is 0 Å². The third-order valence-corrected chi connectivity index (χ3v) is 2.88. The Bertz CT molecular complexity index is 361. The predicted molar refractivity (Wildman–Crippen MR) is 71.4 cm³/mol. The number of pyridine rings is 1. The summed E-state index contributed by atoms with van der Waals surface area (Å²) in [6.07, 6.45) is 2.88. The zero-order valence-corrected chi connectivity index (χ0v) is 11.6. The number of hydrogen-bond acceptors (Lipinski definition) is 3. The van der Waals surface area contributed by atoms with Crippen molar-refractivity contribution in [3.63, 3.8) is 0 Å². The lowest BCUT2D eigenvalue weighted by Gasteiger charge is -2.26. The SMILES string of the molecule is CCNCc1cnc(C)cc1OC(C)(C)CC. The molecular weight excluding hydrogens is 212 g/mol. The molecule has 0 spiro atoms. The molecule has 3 nitrogen and oxygen atoms in total. The summed E-state index contributed by atoms with van der Waals surface area (Å²) in [6, 6.07) is 2.02. The molecule has 0 atom stereocenters. The van der Waals surface area contributed by atoms with E-state index in [1.807, 2.05) is 19.2 Å². The van der Waals surface area contributed by atoms with E-state index in [2.05, 4.69) is 38.0 Å². The second-order valence-electron chi connectivity index (χ2n) is 4.93. The molecule has 3 heteroatoms. The van der Waals surface area contributed by atoms with Gasteiger partial charge in [0.25, 0.3) is 0 Å². The molecule has 96 valence electrons. The number of aryl methyl sites for hydroxylation is 1. The maximum absolute atomic E-state index is 6.08. The van der Waals surface area contributed by atoms with Gasteiger partial charge in [-0.25, -0.2) is 0 Å². The Morgan fingerprint density at radius 1 is 1.35 bits per heavy atom. The summed E-state index contributed by atoms with van der Waals surface area (Å²) in [5, 5.41) is 3.31. The second-order valence-corrected chi connectivity index (χ2v) is 4.93. The Morgan fingerprint density at radius 2 is 2.06 bits per heavy atom. The standard InChI is InChI=1S/C14H24N2O/c1-6-14(4,5)17-13-8-11(3)16-10-12(13)9-15-7-2/h8,10,15H,6-7,9H2,1-5H3. The molecule has 0 bridgehead atoms. The molecule has 0 aromatic carbocycles. The summed E-state index contributed by atoms with van der Waals surface area (Å²) in [5.41, 5.74) is 1.99. The summed E-state index contributed by atoms with van der Waals surface area (Å²) in [7, 11) is 0. The fourth-order valence-corrected chi connectivity index (χ4v) is 1.42. The summed E-state index contributed by atoms with van der Waals surface area (Å²) in [5.74, 6) is 0.949. The van der Waals surface area contributed by atoms with Crippen molar-refractivity contribution in [3.05, 3.63) is 23.5 Å². The van der Waals surface area contributed by atoms with Gasteiger partial charge in [0.15, 0.2) is 0 Å². The van der Waals surface area contributed by atoms with Crippen LogP contribution in [-0.2, 0) is 6.54 Å². The van der Waals surface area contributed by atoms with Crippen molar-refractivity contribution in [2.45, 2.75) is 53.2 Å². The molecule has 0 amide bonds. The van der Waals surface area contributed by atoms with Gasteiger partial charge >= 0.3 is 0 Å². The Hall–Kier alpha value is -1.09. The minimum Gasteiger partial charge on any atom is -0.487 e. The van der Waals surface area contributed by atoms with Gasteiger partial charge in [-0.1, -0.05) is 13.8 Å². The third-order valence-electron chi connectivity index (χ3n) is 2.88. The van der Waals surface area contributed by atoms with E-state index in [1.54, 1.807) is 0 Å². The van der Waals surface area contributed by atoms with Gasteiger partial charge < -0.3 is 10.1 Å². The van der Waals surface area contributed by atoms with Crippen LogP contribution in [0.1, 0.15) is 45.4 Å². The number of nitrogens with zero attached hydrogens (tertiary/aromatic N) is 1. The lowest BCUT2D eigenvalue weighted by molar-refractivity contribution is 0.103. The van der Waals surface area contributed by atoms with Crippen LogP contribution in [0.15, 0.2) is 12.3 Å². The lowest BCUT2D eigenvalue weighted by Crippen LogP contribution is -2.28. The maximum atomic E-state index is 6.08. The molecule has 0 aliphatic heterocycles.